The van der Waals surface area contributed by atoms with E-state index in [0.717, 1.165) is 0 Å². The lowest BCUT2D eigenvalue weighted by Gasteiger charge is -2.05. The zero-order valence-electron chi connectivity index (χ0n) is 9.40. The molecule has 0 bridgehead atoms. The van der Waals surface area contributed by atoms with Crippen LogP contribution in [0.2, 0.25) is 0 Å². The number of anilines is 1. The van der Waals surface area contributed by atoms with Crippen molar-refractivity contribution in [1.29, 1.82) is 5.26 Å². The fraction of sp³-hybridized carbons (Fsp3) is 0.250. The number of benzene rings is 1. The number of esters is 1. The van der Waals surface area contributed by atoms with Crippen LogP contribution in [0.4, 0.5) is 5.69 Å². The van der Waals surface area contributed by atoms with Gasteiger partial charge in [-0.15, -0.1) is 0 Å². The molecule has 1 N–H and O–H groups in total. The summed E-state index contributed by atoms with van der Waals surface area (Å²) in [4.78, 5) is 22.6. The van der Waals surface area contributed by atoms with Gasteiger partial charge in [0.1, 0.15) is 6.42 Å². The SMILES string of the molecule is CCOC(=O)c1cccc(NC(=O)CC#N)c1. The Morgan fingerprint density at radius 3 is 2.88 bits per heavy atom. The van der Waals surface area contributed by atoms with Gasteiger partial charge in [0.15, 0.2) is 0 Å². The van der Waals surface area contributed by atoms with Gasteiger partial charge in [-0.25, -0.2) is 4.79 Å². The van der Waals surface area contributed by atoms with Gasteiger partial charge >= 0.3 is 5.97 Å². The molecular formula is C12H12N2O3. The molecule has 88 valence electrons. The van der Waals surface area contributed by atoms with Crippen LogP contribution in [0.1, 0.15) is 23.7 Å². The van der Waals surface area contributed by atoms with E-state index in [1.54, 1.807) is 31.2 Å². The second kappa shape index (κ2) is 6.28. The van der Waals surface area contributed by atoms with E-state index in [-0.39, 0.29) is 6.42 Å². The molecular weight excluding hydrogens is 220 g/mol. The lowest BCUT2D eigenvalue weighted by Crippen LogP contribution is -2.11. The molecule has 1 amide bonds. The third-order valence-electron chi connectivity index (χ3n) is 1.90. The molecule has 0 unspecified atom stereocenters. The van der Waals surface area contributed by atoms with E-state index in [1.807, 2.05) is 0 Å². The molecule has 5 nitrogen and oxygen atoms in total. The molecule has 5 heteroatoms. The number of hydrogen-bond donors (Lipinski definition) is 1. The highest BCUT2D eigenvalue weighted by atomic mass is 16.5. The van der Waals surface area contributed by atoms with Crippen LogP contribution < -0.4 is 5.32 Å². The third-order valence-corrected chi connectivity index (χ3v) is 1.90. The molecule has 0 aliphatic heterocycles. The molecule has 0 aromatic heterocycles. The number of rotatable bonds is 4. The number of nitrogens with one attached hydrogen (secondary N) is 1. The molecule has 0 radical (unpaired) electrons. The summed E-state index contributed by atoms with van der Waals surface area (Å²) in [5.41, 5.74) is 0.831. The van der Waals surface area contributed by atoms with Gasteiger partial charge in [0, 0.05) is 5.69 Å². The standard InChI is InChI=1S/C12H12N2O3/c1-2-17-12(16)9-4-3-5-10(8-9)14-11(15)6-7-13/h3-5,8H,2,6H2,1H3,(H,14,15). The van der Waals surface area contributed by atoms with Crippen molar-refractivity contribution in [2.45, 2.75) is 13.3 Å². The summed E-state index contributed by atoms with van der Waals surface area (Å²) in [6.07, 6.45) is -0.219. The minimum Gasteiger partial charge on any atom is -0.462 e. The summed E-state index contributed by atoms with van der Waals surface area (Å²) in [5.74, 6) is -0.850. The van der Waals surface area contributed by atoms with Gasteiger partial charge in [-0.05, 0) is 25.1 Å². The summed E-state index contributed by atoms with van der Waals surface area (Å²) in [6.45, 7) is 2.01. The lowest BCUT2D eigenvalue weighted by atomic mass is 10.2. The first-order chi connectivity index (χ1) is 8.17. The molecule has 0 spiro atoms. The van der Waals surface area contributed by atoms with Crippen LogP contribution in [0.5, 0.6) is 0 Å². The van der Waals surface area contributed by atoms with Crippen LogP contribution in [0.3, 0.4) is 0 Å². The molecule has 1 aromatic carbocycles. The van der Waals surface area contributed by atoms with Crippen LogP contribution in [-0.4, -0.2) is 18.5 Å². The summed E-state index contributed by atoms with van der Waals surface area (Å²) < 4.78 is 4.83. The molecule has 0 saturated heterocycles. The molecule has 0 heterocycles. The number of ether oxygens (including phenoxy) is 1. The normalized spacial score (nSPS) is 9.18. The predicted octanol–water partition coefficient (Wildman–Crippen LogP) is 1.72. The van der Waals surface area contributed by atoms with Crippen LogP contribution in [-0.2, 0) is 9.53 Å². The zero-order chi connectivity index (χ0) is 12.7. The molecule has 0 atom stereocenters. The van der Waals surface area contributed by atoms with Gasteiger partial charge in [-0.2, -0.15) is 5.26 Å². The largest absolute Gasteiger partial charge is 0.462 e. The van der Waals surface area contributed by atoms with Crippen molar-refractivity contribution >= 4 is 17.6 Å². The molecule has 0 aliphatic carbocycles. The number of nitriles is 1. The van der Waals surface area contributed by atoms with E-state index in [1.165, 1.54) is 6.07 Å². The van der Waals surface area contributed by atoms with Crippen LogP contribution >= 0.6 is 0 Å². The molecule has 0 fully saturated rings. The first kappa shape index (κ1) is 12.7. The van der Waals surface area contributed by atoms with Crippen molar-refractivity contribution in [3.8, 4) is 6.07 Å². The van der Waals surface area contributed by atoms with Crippen molar-refractivity contribution in [3.63, 3.8) is 0 Å². The minimum atomic E-state index is -0.441. The average molecular weight is 232 g/mol. The lowest BCUT2D eigenvalue weighted by molar-refractivity contribution is -0.115. The van der Waals surface area contributed by atoms with E-state index >= 15 is 0 Å². The molecule has 17 heavy (non-hydrogen) atoms. The van der Waals surface area contributed by atoms with Gasteiger partial charge in [0.25, 0.3) is 0 Å². The van der Waals surface area contributed by atoms with E-state index in [2.05, 4.69) is 5.32 Å². The van der Waals surface area contributed by atoms with Gasteiger partial charge < -0.3 is 10.1 Å². The highest BCUT2D eigenvalue weighted by molar-refractivity contribution is 5.95. The quantitative estimate of drug-likeness (QED) is 0.801. The number of hydrogen-bond acceptors (Lipinski definition) is 4. The van der Waals surface area contributed by atoms with Crippen molar-refractivity contribution in [3.05, 3.63) is 29.8 Å². The van der Waals surface area contributed by atoms with Gasteiger partial charge in [0.2, 0.25) is 5.91 Å². The maximum atomic E-state index is 11.4. The molecule has 1 rings (SSSR count). The maximum Gasteiger partial charge on any atom is 0.338 e. The Morgan fingerprint density at radius 1 is 1.47 bits per heavy atom. The van der Waals surface area contributed by atoms with Gasteiger partial charge in [-0.1, -0.05) is 6.07 Å². The van der Waals surface area contributed by atoms with E-state index < -0.39 is 11.9 Å². The zero-order valence-corrected chi connectivity index (χ0v) is 9.40. The van der Waals surface area contributed by atoms with Crippen molar-refractivity contribution < 1.29 is 14.3 Å². The van der Waals surface area contributed by atoms with Gasteiger partial charge in [-0.3, -0.25) is 4.79 Å². The third kappa shape index (κ3) is 3.95. The van der Waals surface area contributed by atoms with Crippen molar-refractivity contribution in [2.75, 3.05) is 11.9 Å². The fourth-order valence-electron chi connectivity index (χ4n) is 1.22. The molecule has 0 saturated carbocycles. The van der Waals surface area contributed by atoms with E-state index in [0.29, 0.717) is 17.9 Å². The Bertz CT molecular complexity index is 463. The van der Waals surface area contributed by atoms with E-state index in [9.17, 15) is 9.59 Å². The number of nitrogens with zero attached hydrogens (tertiary/aromatic N) is 1. The highest BCUT2D eigenvalue weighted by Gasteiger charge is 2.08. The Kier molecular flexibility index (Phi) is 4.70. The average Bonchev–Trinajstić information content (AvgIpc) is 2.30. The van der Waals surface area contributed by atoms with Crippen LogP contribution in [0.15, 0.2) is 24.3 Å². The summed E-state index contributed by atoms with van der Waals surface area (Å²) in [6, 6.07) is 8.11. The number of carbonyl (C=O) groups is 2. The summed E-state index contributed by atoms with van der Waals surface area (Å²) in [5, 5.41) is 10.9. The molecule has 1 aromatic rings. The highest BCUT2D eigenvalue weighted by Crippen LogP contribution is 2.12. The molecule has 0 aliphatic rings. The Balaban J connectivity index is 2.76. The topological polar surface area (TPSA) is 79.2 Å². The first-order valence-corrected chi connectivity index (χ1v) is 5.11. The monoisotopic (exact) mass is 232 g/mol. The van der Waals surface area contributed by atoms with Crippen molar-refractivity contribution in [1.82, 2.24) is 0 Å². The fourth-order valence-corrected chi connectivity index (χ4v) is 1.22. The van der Waals surface area contributed by atoms with E-state index in [4.69, 9.17) is 10.00 Å². The Hall–Kier alpha value is -2.35. The summed E-state index contributed by atoms with van der Waals surface area (Å²) >= 11 is 0. The van der Waals surface area contributed by atoms with Crippen molar-refractivity contribution in [2.24, 2.45) is 0 Å². The second-order valence-corrected chi connectivity index (χ2v) is 3.18. The maximum absolute atomic E-state index is 11.4. The second-order valence-electron chi connectivity index (χ2n) is 3.18. The first-order valence-electron chi connectivity index (χ1n) is 5.11. The number of amides is 1. The Labute approximate surface area is 99.0 Å². The number of carbonyl (C=O) groups excluding carboxylic acids is 2. The Morgan fingerprint density at radius 2 is 2.24 bits per heavy atom. The predicted molar refractivity (Wildman–Crippen MR) is 61.3 cm³/mol. The van der Waals surface area contributed by atoms with Crippen LogP contribution in [0, 0.1) is 11.3 Å². The minimum absolute atomic E-state index is 0.219. The summed E-state index contributed by atoms with van der Waals surface area (Å²) in [7, 11) is 0. The van der Waals surface area contributed by atoms with Gasteiger partial charge in [0.05, 0.1) is 18.2 Å². The smallest absolute Gasteiger partial charge is 0.338 e. The van der Waals surface area contributed by atoms with Crippen LogP contribution in [0.25, 0.3) is 0 Å².